The number of aromatic nitrogens is 2. The van der Waals surface area contributed by atoms with Crippen molar-refractivity contribution in [3.63, 3.8) is 0 Å². The lowest BCUT2D eigenvalue weighted by molar-refractivity contribution is 0.467. The predicted molar refractivity (Wildman–Crippen MR) is 83.6 cm³/mol. The Morgan fingerprint density at radius 1 is 1.14 bits per heavy atom. The topological polar surface area (TPSA) is 49.2 Å². The second-order valence-corrected chi connectivity index (χ2v) is 5.71. The van der Waals surface area contributed by atoms with Crippen molar-refractivity contribution in [1.29, 1.82) is 0 Å². The number of hydrogen-bond acceptors (Lipinski definition) is 4. The Labute approximate surface area is 125 Å². The molecule has 2 aromatic rings. The van der Waals surface area contributed by atoms with Gasteiger partial charge in [0.2, 0.25) is 0 Å². The number of aromatic hydroxyl groups is 1. The first-order chi connectivity index (χ1) is 10.1. The molecule has 3 rings (SSSR count). The van der Waals surface area contributed by atoms with Crippen molar-refractivity contribution in [1.82, 2.24) is 9.97 Å². The van der Waals surface area contributed by atoms with E-state index in [1.54, 1.807) is 6.07 Å². The zero-order valence-electron chi connectivity index (χ0n) is 12.6. The van der Waals surface area contributed by atoms with Crippen molar-refractivity contribution in [3.8, 4) is 5.75 Å². The largest absolute Gasteiger partial charge is 0.508 e. The van der Waals surface area contributed by atoms with Crippen LogP contribution in [0, 0.1) is 6.92 Å². The Morgan fingerprint density at radius 3 is 2.71 bits per heavy atom. The quantitative estimate of drug-likeness (QED) is 0.940. The highest BCUT2D eigenvalue weighted by Crippen LogP contribution is 2.29. The molecule has 0 atom stereocenters. The van der Waals surface area contributed by atoms with Crippen LogP contribution in [0.25, 0.3) is 0 Å². The van der Waals surface area contributed by atoms with Crippen molar-refractivity contribution in [3.05, 3.63) is 46.9 Å². The number of fused-ring (bicyclic) bond motifs is 1. The fourth-order valence-corrected chi connectivity index (χ4v) is 2.99. The van der Waals surface area contributed by atoms with E-state index in [2.05, 4.69) is 14.9 Å². The zero-order valence-corrected chi connectivity index (χ0v) is 12.6. The molecule has 1 aromatic heterocycles. The molecule has 0 radical (unpaired) electrons. The van der Waals surface area contributed by atoms with E-state index in [0.29, 0.717) is 12.3 Å². The molecule has 0 aliphatic heterocycles. The van der Waals surface area contributed by atoms with E-state index in [1.165, 1.54) is 24.1 Å². The molecular formula is C17H21N3O. The summed E-state index contributed by atoms with van der Waals surface area (Å²) < 4.78 is 0. The standard InChI is InChI=1S/C17H21N3O/c1-12-18-15-9-5-4-8-14(15)17(19-12)20(2)11-13-7-3-6-10-16(13)21/h3,6-7,10,21H,4-5,8-9,11H2,1-2H3. The molecule has 0 spiro atoms. The van der Waals surface area contributed by atoms with Crippen LogP contribution in [0.4, 0.5) is 5.82 Å². The molecule has 0 bridgehead atoms. The van der Waals surface area contributed by atoms with Crippen molar-refractivity contribution < 1.29 is 5.11 Å². The number of nitrogens with zero attached hydrogens (tertiary/aromatic N) is 3. The van der Waals surface area contributed by atoms with Gasteiger partial charge in [0.1, 0.15) is 17.4 Å². The van der Waals surface area contributed by atoms with Gasteiger partial charge in [-0.3, -0.25) is 0 Å². The number of para-hydroxylation sites is 1. The van der Waals surface area contributed by atoms with E-state index in [0.717, 1.165) is 30.0 Å². The average Bonchev–Trinajstić information content (AvgIpc) is 2.48. The monoisotopic (exact) mass is 283 g/mol. The van der Waals surface area contributed by atoms with E-state index in [4.69, 9.17) is 0 Å². The third-order valence-electron chi connectivity index (χ3n) is 4.03. The van der Waals surface area contributed by atoms with Gasteiger partial charge in [0.05, 0.1) is 0 Å². The van der Waals surface area contributed by atoms with Crippen LogP contribution in [0.2, 0.25) is 0 Å². The van der Waals surface area contributed by atoms with Gasteiger partial charge in [-0.05, 0) is 38.7 Å². The summed E-state index contributed by atoms with van der Waals surface area (Å²) in [6, 6.07) is 7.47. The Balaban J connectivity index is 1.93. The van der Waals surface area contributed by atoms with Crippen LogP contribution in [0.3, 0.4) is 0 Å². The number of phenols is 1. The van der Waals surface area contributed by atoms with Crippen LogP contribution < -0.4 is 4.90 Å². The maximum absolute atomic E-state index is 9.94. The Kier molecular flexibility index (Phi) is 3.78. The minimum atomic E-state index is 0.337. The summed E-state index contributed by atoms with van der Waals surface area (Å²) in [4.78, 5) is 11.4. The first-order valence-corrected chi connectivity index (χ1v) is 7.49. The van der Waals surface area contributed by atoms with E-state index < -0.39 is 0 Å². The molecule has 0 amide bonds. The second-order valence-electron chi connectivity index (χ2n) is 5.71. The highest BCUT2D eigenvalue weighted by molar-refractivity contribution is 5.51. The molecule has 1 N–H and O–H groups in total. The average molecular weight is 283 g/mol. The van der Waals surface area contributed by atoms with Gasteiger partial charge >= 0.3 is 0 Å². The fraction of sp³-hybridized carbons (Fsp3) is 0.412. The lowest BCUT2D eigenvalue weighted by Gasteiger charge is -2.25. The minimum Gasteiger partial charge on any atom is -0.508 e. The van der Waals surface area contributed by atoms with Crippen LogP contribution in [-0.2, 0) is 19.4 Å². The van der Waals surface area contributed by atoms with Crippen LogP contribution >= 0.6 is 0 Å². The van der Waals surface area contributed by atoms with E-state index in [9.17, 15) is 5.11 Å². The Bertz CT molecular complexity index is 654. The summed E-state index contributed by atoms with van der Waals surface area (Å²) in [7, 11) is 2.03. The van der Waals surface area contributed by atoms with E-state index in [-0.39, 0.29) is 0 Å². The molecule has 110 valence electrons. The Hall–Kier alpha value is -2.10. The van der Waals surface area contributed by atoms with E-state index in [1.807, 2.05) is 32.2 Å². The molecule has 1 aromatic carbocycles. The second kappa shape index (κ2) is 5.72. The molecular weight excluding hydrogens is 262 g/mol. The summed E-state index contributed by atoms with van der Waals surface area (Å²) in [6.07, 6.45) is 4.52. The van der Waals surface area contributed by atoms with Gasteiger partial charge in [0, 0.05) is 30.4 Å². The molecule has 0 unspecified atom stereocenters. The molecule has 4 heteroatoms. The lowest BCUT2D eigenvalue weighted by atomic mass is 9.96. The third-order valence-corrected chi connectivity index (χ3v) is 4.03. The van der Waals surface area contributed by atoms with Crippen molar-refractivity contribution >= 4 is 5.82 Å². The first kappa shape index (κ1) is 13.9. The van der Waals surface area contributed by atoms with Crippen LogP contribution in [0.5, 0.6) is 5.75 Å². The molecule has 1 aliphatic carbocycles. The van der Waals surface area contributed by atoms with Crippen LogP contribution in [0.15, 0.2) is 24.3 Å². The third kappa shape index (κ3) is 2.84. The normalized spacial score (nSPS) is 13.8. The van der Waals surface area contributed by atoms with Crippen LogP contribution in [0.1, 0.15) is 35.5 Å². The Morgan fingerprint density at radius 2 is 1.90 bits per heavy atom. The summed E-state index contributed by atoms with van der Waals surface area (Å²) in [5.74, 6) is 2.18. The number of hydrogen-bond donors (Lipinski definition) is 1. The van der Waals surface area contributed by atoms with E-state index >= 15 is 0 Å². The van der Waals surface area contributed by atoms with Crippen LogP contribution in [-0.4, -0.2) is 22.1 Å². The first-order valence-electron chi connectivity index (χ1n) is 7.49. The summed E-state index contributed by atoms with van der Waals surface area (Å²) >= 11 is 0. The number of rotatable bonds is 3. The fourth-order valence-electron chi connectivity index (χ4n) is 2.99. The maximum Gasteiger partial charge on any atom is 0.135 e. The van der Waals surface area contributed by atoms with Gasteiger partial charge in [-0.25, -0.2) is 9.97 Å². The molecule has 1 aliphatic rings. The molecule has 0 saturated heterocycles. The molecule has 0 saturated carbocycles. The predicted octanol–water partition coefficient (Wildman–Crippen LogP) is 3.01. The van der Waals surface area contributed by atoms with Gasteiger partial charge in [0.25, 0.3) is 0 Å². The molecule has 0 fully saturated rings. The summed E-state index contributed by atoms with van der Waals surface area (Å²) in [6.45, 7) is 2.60. The van der Waals surface area contributed by atoms with Gasteiger partial charge in [-0.1, -0.05) is 18.2 Å². The van der Waals surface area contributed by atoms with Gasteiger partial charge in [0.15, 0.2) is 0 Å². The van der Waals surface area contributed by atoms with Crippen molar-refractivity contribution in [2.45, 2.75) is 39.2 Å². The lowest BCUT2D eigenvalue weighted by Crippen LogP contribution is -2.22. The summed E-state index contributed by atoms with van der Waals surface area (Å²) in [5, 5.41) is 9.94. The van der Waals surface area contributed by atoms with Gasteiger partial charge in [-0.15, -0.1) is 0 Å². The SMILES string of the molecule is Cc1nc2c(c(N(C)Cc3ccccc3O)n1)CCCC2. The smallest absolute Gasteiger partial charge is 0.135 e. The molecule has 1 heterocycles. The maximum atomic E-state index is 9.94. The number of phenolic OH excluding ortho intramolecular Hbond substituents is 1. The molecule has 21 heavy (non-hydrogen) atoms. The zero-order chi connectivity index (χ0) is 14.8. The highest BCUT2D eigenvalue weighted by atomic mass is 16.3. The number of benzene rings is 1. The highest BCUT2D eigenvalue weighted by Gasteiger charge is 2.19. The van der Waals surface area contributed by atoms with Crippen molar-refractivity contribution in [2.75, 3.05) is 11.9 Å². The number of aryl methyl sites for hydroxylation is 2. The van der Waals surface area contributed by atoms with Gasteiger partial charge < -0.3 is 10.0 Å². The number of anilines is 1. The minimum absolute atomic E-state index is 0.337. The van der Waals surface area contributed by atoms with Gasteiger partial charge in [-0.2, -0.15) is 0 Å². The van der Waals surface area contributed by atoms with Crippen molar-refractivity contribution in [2.24, 2.45) is 0 Å². The molecule has 4 nitrogen and oxygen atoms in total. The summed E-state index contributed by atoms with van der Waals surface area (Å²) in [5.41, 5.74) is 3.40.